The van der Waals surface area contributed by atoms with Crippen LogP contribution < -0.4 is 9.46 Å². The van der Waals surface area contributed by atoms with E-state index in [0.29, 0.717) is 11.3 Å². The van der Waals surface area contributed by atoms with Crippen LogP contribution in [0.5, 0.6) is 5.75 Å². The molecule has 0 unspecified atom stereocenters. The van der Waals surface area contributed by atoms with Gasteiger partial charge in [-0.05, 0) is 55.6 Å². The summed E-state index contributed by atoms with van der Waals surface area (Å²) in [5.74, 6) is -1.12. The fourth-order valence-electron chi connectivity index (χ4n) is 2.92. The van der Waals surface area contributed by atoms with Gasteiger partial charge in [0.25, 0.3) is 10.0 Å². The molecule has 0 bridgehead atoms. The number of thioether (sulfide) groups is 1. The summed E-state index contributed by atoms with van der Waals surface area (Å²) >= 11 is 1.55. The van der Waals surface area contributed by atoms with Crippen LogP contribution in [0.3, 0.4) is 0 Å². The fourth-order valence-corrected chi connectivity index (χ4v) is 4.58. The largest absolute Gasteiger partial charge is 0.495 e. The molecule has 0 aromatic heterocycles. The van der Waals surface area contributed by atoms with Gasteiger partial charge in [0.1, 0.15) is 10.6 Å². The van der Waals surface area contributed by atoms with Crippen LogP contribution in [0.15, 0.2) is 76.5 Å². The monoisotopic (exact) mass is 485 g/mol. The second-order valence-electron chi connectivity index (χ2n) is 7.06. The molecular weight excluding hydrogens is 462 g/mol. The first kappa shape index (κ1) is 24.3. The highest BCUT2D eigenvalue weighted by Crippen LogP contribution is 2.27. The standard InChI is InChI=1S/C24H23NO6S2/c1-16-4-9-19(10-5-16)25-33(28,29)23-14-18(8-13-22(23)30-2)24(27)31-15-21(26)17-6-11-20(32-3)12-7-17/h4-14,25H,15H2,1-3H3. The summed E-state index contributed by atoms with van der Waals surface area (Å²) in [6, 6.07) is 17.7. The van der Waals surface area contributed by atoms with Crippen LogP contribution in [0, 0.1) is 6.92 Å². The zero-order valence-corrected chi connectivity index (χ0v) is 20.0. The van der Waals surface area contributed by atoms with Crippen LogP contribution in [0.25, 0.3) is 0 Å². The molecule has 0 heterocycles. The number of rotatable bonds is 9. The molecular formula is C24H23NO6S2. The minimum absolute atomic E-state index is 0.0226. The van der Waals surface area contributed by atoms with Crippen molar-refractivity contribution >= 4 is 39.2 Å². The average Bonchev–Trinajstić information content (AvgIpc) is 2.83. The van der Waals surface area contributed by atoms with Crippen molar-refractivity contribution in [1.29, 1.82) is 0 Å². The van der Waals surface area contributed by atoms with Crippen molar-refractivity contribution in [2.45, 2.75) is 16.7 Å². The van der Waals surface area contributed by atoms with Crippen LogP contribution in [0.1, 0.15) is 26.3 Å². The predicted octanol–water partition coefficient (Wildman–Crippen LogP) is 4.57. The normalized spacial score (nSPS) is 11.0. The van der Waals surface area contributed by atoms with E-state index in [9.17, 15) is 18.0 Å². The molecule has 0 saturated carbocycles. The van der Waals surface area contributed by atoms with Crippen molar-refractivity contribution in [1.82, 2.24) is 0 Å². The molecule has 0 spiro atoms. The van der Waals surface area contributed by atoms with Gasteiger partial charge in [-0.25, -0.2) is 13.2 Å². The Kier molecular flexibility index (Phi) is 7.78. The van der Waals surface area contributed by atoms with E-state index in [0.717, 1.165) is 16.5 Å². The number of carbonyl (C=O) groups excluding carboxylic acids is 2. The van der Waals surface area contributed by atoms with E-state index in [1.54, 1.807) is 60.3 Å². The lowest BCUT2D eigenvalue weighted by molar-refractivity contribution is 0.0474. The number of ether oxygens (including phenoxy) is 2. The van der Waals surface area contributed by atoms with Gasteiger partial charge in [-0.2, -0.15) is 0 Å². The lowest BCUT2D eigenvalue weighted by Gasteiger charge is -2.13. The van der Waals surface area contributed by atoms with Gasteiger partial charge < -0.3 is 9.47 Å². The lowest BCUT2D eigenvalue weighted by Crippen LogP contribution is -2.17. The number of benzene rings is 3. The first-order chi connectivity index (χ1) is 15.7. The molecule has 0 saturated heterocycles. The predicted molar refractivity (Wildman–Crippen MR) is 128 cm³/mol. The minimum atomic E-state index is -4.06. The summed E-state index contributed by atoms with van der Waals surface area (Å²) in [6.45, 7) is 1.42. The maximum Gasteiger partial charge on any atom is 0.338 e. The summed E-state index contributed by atoms with van der Waals surface area (Å²) in [5.41, 5.74) is 1.75. The Morgan fingerprint density at radius 2 is 1.58 bits per heavy atom. The number of esters is 1. The highest BCUT2D eigenvalue weighted by atomic mass is 32.2. The smallest absolute Gasteiger partial charge is 0.338 e. The molecule has 0 aliphatic carbocycles. The molecule has 33 heavy (non-hydrogen) atoms. The Balaban J connectivity index is 1.76. The van der Waals surface area contributed by atoms with Crippen molar-refractivity contribution in [3.63, 3.8) is 0 Å². The number of carbonyl (C=O) groups is 2. The highest BCUT2D eigenvalue weighted by Gasteiger charge is 2.23. The molecule has 172 valence electrons. The van der Waals surface area contributed by atoms with Crippen LogP contribution in [0.4, 0.5) is 5.69 Å². The van der Waals surface area contributed by atoms with Crippen molar-refractivity contribution in [2.75, 3.05) is 24.7 Å². The second-order valence-corrected chi connectivity index (χ2v) is 9.60. The van der Waals surface area contributed by atoms with Gasteiger partial charge in [0.2, 0.25) is 0 Å². The molecule has 0 aliphatic heterocycles. The van der Waals surface area contributed by atoms with Crippen LogP contribution >= 0.6 is 11.8 Å². The quantitative estimate of drug-likeness (QED) is 0.269. The van der Waals surface area contributed by atoms with Gasteiger partial charge in [-0.15, -0.1) is 11.8 Å². The van der Waals surface area contributed by atoms with E-state index in [1.807, 2.05) is 13.2 Å². The number of ketones is 1. The molecule has 0 atom stereocenters. The molecule has 7 nitrogen and oxygen atoms in total. The first-order valence-corrected chi connectivity index (χ1v) is 12.6. The molecule has 3 rings (SSSR count). The number of anilines is 1. The van der Waals surface area contributed by atoms with Crippen molar-refractivity contribution in [3.8, 4) is 5.75 Å². The van der Waals surface area contributed by atoms with Crippen LogP contribution in [-0.2, 0) is 14.8 Å². The van der Waals surface area contributed by atoms with E-state index < -0.39 is 22.6 Å². The Hall–Kier alpha value is -3.30. The Morgan fingerprint density at radius 1 is 0.939 bits per heavy atom. The molecule has 0 aliphatic rings. The number of methoxy groups -OCH3 is 1. The van der Waals surface area contributed by atoms with E-state index in [2.05, 4.69) is 4.72 Å². The Bertz CT molecular complexity index is 1250. The second kappa shape index (κ2) is 10.5. The summed E-state index contributed by atoms with van der Waals surface area (Å²) in [6.07, 6.45) is 1.93. The van der Waals surface area contributed by atoms with Gasteiger partial charge in [-0.3, -0.25) is 9.52 Å². The molecule has 3 aromatic rings. The lowest BCUT2D eigenvalue weighted by atomic mass is 10.1. The summed E-state index contributed by atoms with van der Waals surface area (Å²) in [4.78, 5) is 25.6. The van der Waals surface area contributed by atoms with Crippen LogP contribution in [-0.4, -0.2) is 40.1 Å². The summed E-state index contributed by atoms with van der Waals surface area (Å²) in [7, 11) is -2.73. The number of Topliss-reactive ketones (excluding diaryl/α,β-unsaturated/α-hetero) is 1. The maximum absolute atomic E-state index is 12.9. The maximum atomic E-state index is 12.9. The number of nitrogens with one attached hydrogen (secondary N) is 1. The van der Waals surface area contributed by atoms with Crippen molar-refractivity contribution in [3.05, 3.63) is 83.4 Å². The molecule has 0 radical (unpaired) electrons. The molecule has 3 aromatic carbocycles. The molecule has 0 amide bonds. The third kappa shape index (κ3) is 6.15. The topological polar surface area (TPSA) is 98.8 Å². The van der Waals surface area contributed by atoms with Gasteiger partial charge in [0.05, 0.1) is 12.7 Å². The zero-order chi connectivity index (χ0) is 24.0. The van der Waals surface area contributed by atoms with Crippen molar-refractivity contribution in [2.24, 2.45) is 0 Å². The molecule has 9 heteroatoms. The number of hydrogen-bond donors (Lipinski definition) is 1. The summed E-state index contributed by atoms with van der Waals surface area (Å²) in [5, 5.41) is 0. The van der Waals surface area contributed by atoms with Gasteiger partial charge in [-0.1, -0.05) is 29.8 Å². The SMILES string of the molecule is COc1ccc(C(=O)OCC(=O)c2ccc(SC)cc2)cc1S(=O)(=O)Nc1ccc(C)cc1. The number of sulfonamides is 1. The minimum Gasteiger partial charge on any atom is -0.495 e. The first-order valence-electron chi connectivity index (χ1n) is 9.85. The number of hydrogen-bond acceptors (Lipinski definition) is 7. The Labute approximate surface area is 197 Å². The Morgan fingerprint density at radius 3 is 2.18 bits per heavy atom. The van der Waals surface area contributed by atoms with E-state index >= 15 is 0 Å². The fraction of sp³-hybridized carbons (Fsp3) is 0.167. The van der Waals surface area contributed by atoms with Crippen LogP contribution in [0.2, 0.25) is 0 Å². The molecule has 0 fully saturated rings. The van der Waals surface area contributed by atoms with Crippen molar-refractivity contribution < 1.29 is 27.5 Å². The highest BCUT2D eigenvalue weighted by molar-refractivity contribution is 7.98. The number of aryl methyl sites for hydroxylation is 1. The van der Waals surface area contributed by atoms with E-state index in [-0.39, 0.29) is 22.0 Å². The zero-order valence-electron chi connectivity index (χ0n) is 18.3. The van der Waals surface area contributed by atoms with Gasteiger partial charge in [0, 0.05) is 16.1 Å². The van der Waals surface area contributed by atoms with E-state index in [1.165, 1.54) is 19.2 Å². The average molecular weight is 486 g/mol. The third-order valence-corrected chi connectivity index (χ3v) is 6.89. The van der Waals surface area contributed by atoms with E-state index in [4.69, 9.17) is 9.47 Å². The molecule has 1 N–H and O–H groups in total. The summed E-state index contributed by atoms with van der Waals surface area (Å²) < 4.78 is 38.7. The van der Waals surface area contributed by atoms with Gasteiger partial charge in [0.15, 0.2) is 12.4 Å². The third-order valence-electron chi connectivity index (χ3n) is 4.74. The van der Waals surface area contributed by atoms with Gasteiger partial charge >= 0.3 is 5.97 Å².